The van der Waals surface area contributed by atoms with Crippen LogP contribution in [0.25, 0.3) is 0 Å². The zero-order chi connectivity index (χ0) is 25.4. The average Bonchev–Trinajstić information content (AvgIpc) is 2.75. The molecule has 1 aliphatic rings. The van der Waals surface area contributed by atoms with Gasteiger partial charge in [0.15, 0.2) is 23.7 Å². The number of nitrogens with one attached hydrogen (secondary N) is 1. The van der Waals surface area contributed by atoms with E-state index in [9.17, 15) is 24.0 Å². The molecule has 1 heterocycles. The molecule has 1 aliphatic heterocycles. The molecule has 0 bridgehead atoms. The molecule has 2 rings (SSSR count). The molecule has 5 atom stereocenters. The number of esters is 3. The average molecular weight is 481 g/mol. The molecule has 1 aromatic carbocycles. The van der Waals surface area contributed by atoms with E-state index in [2.05, 4.69) is 5.32 Å². The van der Waals surface area contributed by atoms with E-state index < -0.39 is 54.5 Å². The van der Waals surface area contributed by atoms with E-state index in [1.807, 2.05) is 0 Å². The summed E-state index contributed by atoms with van der Waals surface area (Å²) in [6, 6.07) is 3.22. The number of aldehydes is 1. The van der Waals surface area contributed by atoms with Gasteiger partial charge in [0.1, 0.15) is 25.0 Å². The number of rotatable bonds is 9. The van der Waals surface area contributed by atoms with Gasteiger partial charge in [-0.2, -0.15) is 0 Å². The number of benzene rings is 1. The van der Waals surface area contributed by atoms with Crippen LogP contribution in [0.5, 0.6) is 11.5 Å². The van der Waals surface area contributed by atoms with Crippen LogP contribution in [-0.2, 0) is 38.1 Å². The van der Waals surface area contributed by atoms with Crippen LogP contribution >= 0.6 is 0 Å². The van der Waals surface area contributed by atoms with Gasteiger partial charge in [-0.3, -0.25) is 24.0 Å². The second-order valence-corrected chi connectivity index (χ2v) is 7.37. The third-order valence-corrected chi connectivity index (χ3v) is 4.64. The van der Waals surface area contributed by atoms with E-state index in [1.54, 1.807) is 0 Å². The largest absolute Gasteiger partial charge is 0.493 e. The van der Waals surface area contributed by atoms with Crippen molar-refractivity contribution in [3.63, 3.8) is 0 Å². The van der Waals surface area contributed by atoms with Crippen molar-refractivity contribution in [3.05, 3.63) is 23.8 Å². The lowest BCUT2D eigenvalue weighted by Crippen LogP contribution is -2.67. The van der Waals surface area contributed by atoms with Crippen molar-refractivity contribution in [2.24, 2.45) is 0 Å². The molecule has 1 aromatic rings. The molecule has 1 N–H and O–H groups in total. The van der Waals surface area contributed by atoms with Gasteiger partial charge in [0.05, 0.1) is 7.11 Å². The lowest BCUT2D eigenvalue weighted by molar-refractivity contribution is -0.257. The molecular formula is C22H27NO11. The molecule has 0 aliphatic carbocycles. The summed E-state index contributed by atoms with van der Waals surface area (Å²) in [7, 11) is 1.37. The quantitative estimate of drug-likeness (QED) is 0.299. The van der Waals surface area contributed by atoms with Crippen molar-refractivity contribution >= 4 is 30.1 Å². The Morgan fingerprint density at radius 1 is 0.971 bits per heavy atom. The first kappa shape index (κ1) is 26.6. The van der Waals surface area contributed by atoms with E-state index in [-0.39, 0.29) is 18.1 Å². The van der Waals surface area contributed by atoms with Crippen LogP contribution in [0.2, 0.25) is 0 Å². The minimum Gasteiger partial charge on any atom is -0.493 e. The summed E-state index contributed by atoms with van der Waals surface area (Å²) in [4.78, 5) is 58.1. The summed E-state index contributed by atoms with van der Waals surface area (Å²) in [6.07, 6.45) is -4.30. The van der Waals surface area contributed by atoms with E-state index in [0.29, 0.717) is 11.8 Å². The van der Waals surface area contributed by atoms with Crippen molar-refractivity contribution in [2.45, 2.75) is 58.3 Å². The maximum Gasteiger partial charge on any atom is 0.303 e. The zero-order valence-electron chi connectivity index (χ0n) is 19.4. The fraction of sp³-hybridized carbons (Fsp3) is 0.500. The van der Waals surface area contributed by atoms with Crippen molar-refractivity contribution in [1.82, 2.24) is 5.32 Å². The minimum absolute atomic E-state index is 0.146. The van der Waals surface area contributed by atoms with Gasteiger partial charge < -0.3 is 33.7 Å². The lowest BCUT2D eigenvalue weighted by Gasteiger charge is -2.44. The summed E-state index contributed by atoms with van der Waals surface area (Å²) in [6.45, 7) is 4.33. The van der Waals surface area contributed by atoms with E-state index in [4.69, 9.17) is 28.4 Å². The molecule has 0 aromatic heterocycles. The number of hydrogen-bond acceptors (Lipinski definition) is 11. The van der Waals surface area contributed by atoms with Crippen LogP contribution in [-0.4, -0.2) is 74.5 Å². The fourth-order valence-corrected chi connectivity index (χ4v) is 3.37. The predicted octanol–water partition coefficient (Wildman–Crippen LogP) is 0.543. The Bertz CT molecular complexity index is 931. The maximum atomic E-state index is 12.0. The SMILES string of the molecule is COc1cc(C=O)ccc1O[C@@H]1O[C@H](COC(C)=O)[C@H](OC(C)=O)[C@@H](OC(C)=O)[C@H]1NC(C)=O. The maximum absolute atomic E-state index is 12.0. The number of carbonyl (C=O) groups is 5. The molecular weight excluding hydrogens is 454 g/mol. The molecule has 1 saturated heterocycles. The van der Waals surface area contributed by atoms with Gasteiger partial charge in [0, 0.05) is 33.3 Å². The van der Waals surface area contributed by atoms with E-state index in [1.165, 1.54) is 39.2 Å². The van der Waals surface area contributed by atoms with Gasteiger partial charge in [-0.05, 0) is 18.2 Å². The Kier molecular flexibility index (Phi) is 9.36. The van der Waals surface area contributed by atoms with Gasteiger partial charge in [0.2, 0.25) is 12.2 Å². The molecule has 12 nitrogen and oxygen atoms in total. The van der Waals surface area contributed by atoms with E-state index in [0.717, 1.165) is 13.8 Å². The number of ether oxygens (including phenoxy) is 6. The van der Waals surface area contributed by atoms with Gasteiger partial charge in [-0.1, -0.05) is 0 Å². The molecule has 1 fully saturated rings. The second-order valence-electron chi connectivity index (χ2n) is 7.37. The Morgan fingerprint density at radius 3 is 2.15 bits per heavy atom. The Hall–Kier alpha value is -3.67. The minimum atomic E-state index is -1.31. The molecule has 1 amide bonds. The zero-order valence-corrected chi connectivity index (χ0v) is 19.4. The highest BCUT2D eigenvalue weighted by molar-refractivity contribution is 5.76. The van der Waals surface area contributed by atoms with Crippen molar-refractivity contribution in [2.75, 3.05) is 13.7 Å². The summed E-state index contributed by atoms with van der Waals surface area (Å²) in [5, 5.41) is 2.59. The third-order valence-electron chi connectivity index (χ3n) is 4.64. The second kappa shape index (κ2) is 12.0. The Labute approximate surface area is 195 Å². The number of hydrogen-bond donors (Lipinski definition) is 1. The van der Waals surface area contributed by atoms with Gasteiger partial charge in [-0.15, -0.1) is 0 Å². The highest BCUT2D eigenvalue weighted by Crippen LogP contribution is 2.33. The summed E-state index contributed by atoms with van der Waals surface area (Å²) < 4.78 is 32.9. The van der Waals surface area contributed by atoms with Crippen LogP contribution in [0.4, 0.5) is 0 Å². The first-order chi connectivity index (χ1) is 16.0. The van der Waals surface area contributed by atoms with Crippen LogP contribution < -0.4 is 14.8 Å². The normalized spacial score (nSPS) is 23.7. The third kappa shape index (κ3) is 7.17. The smallest absolute Gasteiger partial charge is 0.303 e. The number of methoxy groups -OCH3 is 1. The Balaban J connectivity index is 2.51. The molecule has 0 saturated carbocycles. The van der Waals surface area contributed by atoms with Gasteiger partial charge in [0.25, 0.3) is 0 Å². The summed E-state index contributed by atoms with van der Waals surface area (Å²) in [5.41, 5.74) is 0.326. The first-order valence-electron chi connectivity index (χ1n) is 10.3. The summed E-state index contributed by atoms with van der Waals surface area (Å²) in [5.74, 6) is -2.24. The highest BCUT2D eigenvalue weighted by atomic mass is 16.7. The predicted molar refractivity (Wildman–Crippen MR) is 113 cm³/mol. The molecule has 12 heteroatoms. The standard InChI is InChI=1S/C22H27NO11/c1-11(25)23-19-21(32-14(4)28)20(31-13(3)27)18(10-30-12(2)26)34-22(19)33-16-7-6-15(9-24)8-17(16)29-5/h6-9,18-22H,10H2,1-5H3,(H,23,25)/t18-,19-,20+,21+,22-/m1/s1. The van der Waals surface area contributed by atoms with Gasteiger partial charge >= 0.3 is 17.9 Å². The first-order valence-corrected chi connectivity index (χ1v) is 10.3. The van der Waals surface area contributed by atoms with E-state index >= 15 is 0 Å². The van der Waals surface area contributed by atoms with Crippen LogP contribution in [0.3, 0.4) is 0 Å². The van der Waals surface area contributed by atoms with Crippen LogP contribution in [0.15, 0.2) is 18.2 Å². The van der Waals surface area contributed by atoms with Crippen molar-refractivity contribution in [3.8, 4) is 11.5 Å². The van der Waals surface area contributed by atoms with Crippen molar-refractivity contribution in [1.29, 1.82) is 0 Å². The molecule has 186 valence electrons. The van der Waals surface area contributed by atoms with Crippen LogP contribution in [0.1, 0.15) is 38.1 Å². The number of carbonyl (C=O) groups excluding carboxylic acids is 5. The topological polar surface area (TPSA) is 153 Å². The fourth-order valence-electron chi connectivity index (χ4n) is 3.37. The number of amides is 1. The Morgan fingerprint density at radius 2 is 1.62 bits per heavy atom. The molecule has 0 unspecified atom stereocenters. The summed E-state index contributed by atoms with van der Waals surface area (Å²) >= 11 is 0. The highest BCUT2D eigenvalue weighted by Gasteiger charge is 2.52. The molecule has 0 spiro atoms. The molecule has 0 radical (unpaired) electrons. The van der Waals surface area contributed by atoms with Crippen molar-refractivity contribution < 1.29 is 52.4 Å². The monoisotopic (exact) mass is 481 g/mol. The van der Waals surface area contributed by atoms with Crippen LogP contribution in [0, 0.1) is 0 Å². The van der Waals surface area contributed by atoms with Gasteiger partial charge in [-0.25, -0.2) is 0 Å². The molecule has 34 heavy (non-hydrogen) atoms. The lowest BCUT2D eigenvalue weighted by atomic mass is 9.96.